The van der Waals surface area contributed by atoms with Gasteiger partial charge in [0.15, 0.2) is 11.3 Å². The van der Waals surface area contributed by atoms with Gasteiger partial charge in [0.2, 0.25) is 0 Å². The van der Waals surface area contributed by atoms with Gasteiger partial charge in [-0.1, -0.05) is 12.1 Å². The van der Waals surface area contributed by atoms with Gasteiger partial charge in [-0.15, -0.1) is 0 Å². The minimum Gasteiger partial charge on any atom is -0.351 e. The molecule has 0 radical (unpaired) electrons. The molecule has 2 aromatic heterocycles. The predicted molar refractivity (Wildman–Crippen MR) is 96.1 cm³/mol. The summed E-state index contributed by atoms with van der Waals surface area (Å²) < 4.78 is 39.8. The Labute approximate surface area is 157 Å². The summed E-state index contributed by atoms with van der Waals surface area (Å²) in [5, 5.41) is 6.89. The van der Waals surface area contributed by atoms with Crippen molar-refractivity contribution < 1.29 is 18.0 Å². The fraction of sp³-hybridized carbons (Fsp3) is 0.333. The number of nitrogens with zero attached hydrogens (tertiary/aromatic N) is 3. The van der Waals surface area contributed by atoms with Gasteiger partial charge in [0, 0.05) is 6.54 Å². The third kappa shape index (κ3) is 3.49. The standard InChI is InChI=1S/C18H18F3N5O2/c1-4-22-17(28)14-13-15(23-10(3)24-16(13)27)26(25-14)9(2)11-5-7-12(8-6-11)18(19,20)21/h5-9H,4H2,1-3H3,(H,22,28)(H,23,24,27). The number of aromatic amines is 1. The predicted octanol–water partition coefficient (Wildman–Crippen LogP) is 2.81. The molecule has 148 valence electrons. The number of alkyl halides is 3. The smallest absolute Gasteiger partial charge is 0.351 e. The first-order valence-electron chi connectivity index (χ1n) is 8.58. The molecule has 10 heteroatoms. The van der Waals surface area contributed by atoms with E-state index in [1.165, 1.54) is 16.8 Å². The number of aryl methyl sites for hydroxylation is 1. The van der Waals surface area contributed by atoms with E-state index in [0.29, 0.717) is 17.9 Å². The molecule has 0 saturated heterocycles. The molecule has 0 fully saturated rings. The number of carbonyl (C=O) groups excluding carboxylic acids is 1. The highest BCUT2D eigenvalue weighted by Gasteiger charge is 2.30. The van der Waals surface area contributed by atoms with Crippen LogP contribution in [-0.2, 0) is 6.18 Å². The molecule has 0 bridgehead atoms. The van der Waals surface area contributed by atoms with E-state index in [9.17, 15) is 22.8 Å². The first-order valence-corrected chi connectivity index (χ1v) is 8.58. The number of fused-ring (bicyclic) bond motifs is 1. The van der Waals surface area contributed by atoms with E-state index in [4.69, 9.17) is 0 Å². The molecule has 1 unspecified atom stereocenters. The number of hydrogen-bond acceptors (Lipinski definition) is 4. The molecular formula is C18H18F3N5O2. The zero-order valence-electron chi connectivity index (χ0n) is 15.4. The van der Waals surface area contributed by atoms with E-state index < -0.39 is 29.2 Å². The topological polar surface area (TPSA) is 92.7 Å². The Bertz CT molecular complexity index is 1080. The number of nitrogens with one attached hydrogen (secondary N) is 2. The van der Waals surface area contributed by atoms with Gasteiger partial charge in [0.1, 0.15) is 11.2 Å². The monoisotopic (exact) mass is 393 g/mol. The van der Waals surface area contributed by atoms with Gasteiger partial charge >= 0.3 is 6.18 Å². The average molecular weight is 393 g/mol. The van der Waals surface area contributed by atoms with E-state index in [1.54, 1.807) is 20.8 Å². The molecule has 0 saturated carbocycles. The summed E-state index contributed by atoms with van der Waals surface area (Å²) in [5.41, 5.74) is -0.629. The van der Waals surface area contributed by atoms with Gasteiger partial charge in [-0.2, -0.15) is 18.3 Å². The van der Waals surface area contributed by atoms with Crippen LogP contribution in [0.2, 0.25) is 0 Å². The highest BCUT2D eigenvalue weighted by Crippen LogP contribution is 2.31. The van der Waals surface area contributed by atoms with Crippen LogP contribution in [0, 0.1) is 6.92 Å². The largest absolute Gasteiger partial charge is 0.416 e. The summed E-state index contributed by atoms with van der Waals surface area (Å²) in [7, 11) is 0. The minimum atomic E-state index is -4.43. The molecule has 0 aliphatic carbocycles. The zero-order valence-corrected chi connectivity index (χ0v) is 15.4. The lowest BCUT2D eigenvalue weighted by molar-refractivity contribution is -0.137. The van der Waals surface area contributed by atoms with Crippen molar-refractivity contribution in [1.82, 2.24) is 25.1 Å². The maximum atomic E-state index is 12.8. The molecule has 1 amide bonds. The van der Waals surface area contributed by atoms with Gasteiger partial charge < -0.3 is 10.3 Å². The van der Waals surface area contributed by atoms with Crippen LogP contribution in [0.15, 0.2) is 29.1 Å². The van der Waals surface area contributed by atoms with Crippen LogP contribution >= 0.6 is 0 Å². The van der Waals surface area contributed by atoms with Crippen LogP contribution in [0.1, 0.15) is 47.3 Å². The number of halogens is 3. The molecule has 7 nitrogen and oxygen atoms in total. The lowest BCUT2D eigenvalue weighted by Gasteiger charge is -2.15. The maximum absolute atomic E-state index is 12.8. The Balaban J connectivity index is 2.14. The summed E-state index contributed by atoms with van der Waals surface area (Å²) in [6.45, 7) is 5.37. The Kier molecular flexibility index (Phi) is 4.97. The number of rotatable bonds is 4. The third-order valence-corrected chi connectivity index (χ3v) is 4.32. The number of carbonyl (C=O) groups is 1. The molecule has 0 spiro atoms. The lowest BCUT2D eigenvalue weighted by Crippen LogP contribution is -2.25. The van der Waals surface area contributed by atoms with E-state index in [2.05, 4.69) is 20.4 Å². The van der Waals surface area contributed by atoms with Crippen molar-refractivity contribution in [3.63, 3.8) is 0 Å². The second-order valence-corrected chi connectivity index (χ2v) is 6.30. The Morgan fingerprint density at radius 2 is 1.93 bits per heavy atom. The number of hydrogen-bond donors (Lipinski definition) is 2. The van der Waals surface area contributed by atoms with Crippen molar-refractivity contribution in [3.05, 3.63) is 57.3 Å². The number of benzene rings is 1. The summed E-state index contributed by atoms with van der Waals surface area (Å²) >= 11 is 0. The third-order valence-electron chi connectivity index (χ3n) is 4.32. The molecule has 2 N–H and O–H groups in total. The Morgan fingerprint density at radius 1 is 1.29 bits per heavy atom. The molecule has 1 atom stereocenters. The van der Waals surface area contributed by atoms with Crippen LogP contribution in [0.4, 0.5) is 13.2 Å². The van der Waals surface area contributed by atoms with Crippen molar-refractivity contribution in [2.45, 2.75) is 33.0 Å². The SMILES string of the molecule is CCNC(=O)c1nn(C(C)c2ccc(C(F)(F)F)cc2)c2nc(C)[nH]c(=O)c12. The number of amides is 1. The van der Waals surface area contributed by atoms with Crippen molar-refractivity contribution in [2.24, 2.45) is 0 Å². The molecule has 0 aliphatic rings. The zero-order chi connectivity index (χ0) is 20.6. The molecule has 3 aromatic rings. The molecule has 1 aromatic carbocycles. The fourth-order valence-electron chi connectivity index (χ4n) is 2.92. The minimum absolute atomic E-state index is 0.0373. The normalized spacial score (nSPS) is 12.9. The van der Waals surface area contributed by atoms with Crippen molar-refractivity contribution in [1.29, 1.82) is 0 Å². The van der Waals surface area contributed by atoms with E-state index in [1.807, 2.05) is 0 Å². The van der Waals surface area contributed by atoms with E-state index in [0.717, 1.165) is 12.1 Å². The molecule has 3 rings (SSSR count). The lowest BCUT2D eigenvalue weighted by atomic mass is 10.1. The van der Waals surface area contributed by atoms with Crippen molar-refractivity contribution >= 4 is 16.9 Å². The average Bonchev–Trinajstić information content (AvgIpc) is 3.00. The molecule has 0 aliphatic heterocycles. The number of H-pyrrole nitrogens is 1. The summed E-state index contributed by atoms with van der Waals surface area (Å²) in [6.07, 6.45) is -4.43. The molecule has 28 heavy (non-hydrogen) atoms. The highest BCUT2D eigenvalue weighted by atomic mass is 19.4. The van der Waals surface area contributed by atoms with Crippen LogP contribution in [-0.4, -0.2) is 32.2 Å². The Morgan fingerprint density at radius 3 is 2.50 bits per heavy atom. The summed E-state index contributed by atoms with van der Waals surface area (Å²) in [4.78, 5) is 31.6. The summed E-state index contributed by atoms with van der Waals surface area (Å²) in [6, 6.07) is 4.09. The quantitative estimate of drug-likeness (QED) is 0.713. The van der Waals surface area contributed by atoms with E-state index >= 15 is 0 Å². The molecular weight excluding hydrogens is 375 g/mol. The summed E-state index contributed by atoms with van der Waals surface area (Å²) in [5.74, 6) is -0.192. The fourth-order valence-corrected chi connectivity index (χ4v) is 2.92. The van der Waals surface area contributed by atoms with E-state index in [-0.39, 0.29) is 16.7 Å². The maximum Gasteiger partial charge on any atom is 0.416 e. The van der Waals surface area contributed by atoms with Gasteiger partial charge in [0.25, 0.3) is 11.5 Å². The van der Waals surface area contributed by atoms with Crippen molar-refractivity contribution in [2.75, 3.05) is 6.54 Å². The first kappa shape index (κ1) is 19.6. The van der Waals surface area contributed by atoms with Gasteiger partial charge in [0.05, 0.1) is 11.6 Å². The number of aromatic nitrogens is 4. The van der Waals surface area contributed by atoms with Crippen LogP contribution < -0.4 is 10.9 Å². The highest BCUT2D eigenvalue weighted by molar-refractivity contribution is 6.03. The van der Waals surface area contributed by atoms with Crippen LogP contribution in [0.5, 0.6) is 0 Å². The van der Waals surface area contributed by atoms with Gasteiger partial charge in [-0.05, 0) is 38.5 Å². The van der Waals surface area contributed by atoms with Crippen molar-refractivity contribution in [3.8, 4) is 0 Å². The second-order valence-electron chi connectivity index (χ2n) is 6.30. The van der Waals surface area contributed by atoms with Crippen LogP contribution in [0.25, 0.3) is 11.0 Å². The van der Waals surface area contributed by atoms with Gasteiger partial charge in [-0.25, -0.2) is 9.67 Å². The van der Waals surface area contributed by atoms with Gasteiger partial charge in [-0.3, -0.25) is 9.59 Å². The first-order chi connectivity index (χ1) is 13.1. The second kappa shape index (κ2) is 7.10. The molecule has 2 heterocycles. The Hall–Kier alpha value is -3.17. The van der Waals surface area contributed by atoms with Crippen LogP contribution in [0.3, 0.4) is 0 Å².